The first-order chi connectivity index (χ1) is 9.60. The number of nitrogens with zero attached hydrogens (tertiary/aromatic N) is 3. The summed E-state index contributed by atoms with van der Waals surface area (Å²) in [5.41, 5.74) is 0. The number of guanidine groups is 1. The number of carbonyl (C=O) groups is 1. The van der Waals surface area contributed by atoms with Crippen molar-refractivity contribution < 1.29 is 4.79 Å². The van der Waals surface area contributed by atoms with E-state index in [-0.39, 0.29) is 29.9 Å². The number of hydrogen-bond donors (Lipinski definition) is 2. The maximum atomic E-state index is 11.6. The monoisotopic (exact) mass is 411 g/mol. The lowest BCUT2D eigenvalue weighted by molar-refractivity contribution is -0.129. The minimum atomic E-state index is 0. The molecule has 124 valence electrons. The minimum Gasteiger partial charge on any atom is -0.355 e. The Morgan fingerprint density at radius 1 is 1.43 bits per heavy atom. The molecule has 0 aliphatic carbocycles. The van der Waals surface area contributed by atoms with Gasteiger partial charge >= 0.3 is 0 Å². The molecular formula is C14H30IN5O. The lowest BCUT2D eigenvalue weighted by atomic mass is 10.3. The van der Waals surface area contributed by atoms with Crippen molar-refractivity contribution in [1.82, 2.24) is 20.4 Å². The van der Waals surface area contributed by atoms with Gasteiger partial charge in [0.25, 0.3) is 0 Å². The average Bonchev–Trinajstić information content (AvgIpc) is 2.93. The molecule has 2 N–H and O–H groups in total. The summed E-state index contributed by atoms with van der Waals surface area (Å²) >= 11 is 0. The third-order valence-corrected chi connectivity index (χ3v) is 3.73. The molecule has 1 atom stereocenters. The van der Waals surface area contributed by atoms with E-state index in [1.807, 2.05) is 11.8 Å². The third kappa shape index (κ3) is 7.30. The molecule has 1 aliphatic rings. The second-order valence-electron chi connectivity index (χ2n) is 5.22. The number of halogens is 1. The highest BCUT2D eigenvalue weighted by atomic mass is 127. The Balaban J connectivity index is 0.00000400. The molecule has 0 aromatic rings. The Morgan fingerprint density at radius 2 is 2.14 bits per heavy atom. The molecule has 0 spiro atoms. The molecule has 0 radical (unpaired) electrons. The van der Waals surface area contributed by atoms with E-state index >= 15 is 0 Å². The Labute approximate surface area is 145 Å². The quantitative estimate of drug-likeness (QED) is 0.385. The number of hydrogen-bond acceptors (Lipinski definition) is 3. The van der Waals surface area contributed by atoms with Crippen molar-refractivity contribution in [3.8, 4) is 0 Å². The van der Waals surface area contributed by atoms with E-state index < -0.39 is 0 Å². The summed E-state index contributed by atoms with van der Waals surface area (Å²) in [4.78, 5) is 20.1. The van der Waals surface area contributed by atoms with Crippen LogP contribution in [0.2, 0.25) is 0 Å². The van der Waals surface area contributed by atoms with Gasteiger partial charge in [0.2, 0.25) is 5.91 Å². The van der Waals surface area contributed by atoms with Gasteiger partial charge in [-0.1, -0.05) is 13.8 Å². The van der Waals surface area contributed by atoms with E-state index in [4.69, 9.17) is 0 Å². The van der Waals surface area contributed by atoms with E-state index in [9.17, 15) is 4.79 Å². The summed E-state index contributed by atoms with van der Waals surface area (Å²) in [6, 6.07) is 0.306. The Kier molecular flexibility index (Phi) is 10.8. The fourth-order valence-corrected chi connectivity index (χ4v) is 2.24. The van der Waals surface area contributed by atoms with Gasteiger partial charge in [-0.05, 0) is 20.0 Å². The molecule has 6 nitrogen and oxygen atoms in total. The average molecular weight is 411 g/mol. The molecule has 0 saturated carbocycles. The van der Waals surface area contributed by atoms with Crippen LogP contribution in [0.25, 0.3) is 0 Å². The molecule has 0 aromatic heterocycles. The van der Waals surface area contributed by atoms with E-state index in [2.05, 4.69) is 34.5 Å². The molecule has 7 heteroatoms. The second kappa shape index (κ2) is 11.1. The van der Waals surface area contributed by atoms with Gasteiger partial charge in [0.15, 0.2) is 5.96 Å². The molecule has 1 amide bonds. The van der Waals surface area contributed by atoms with Gasteiger partial charge in [-0.2, -0.15) is 0 Å². The molecule has 1 aliphatic heterocycles. The predicted molar refractivity (Wildman–Crippen MR) is 98.4 cm³/mol. The number of carbonyl (C=O) groups excluding carboxylic acids is 1. The van der Waals surface area contributed by atoms with Crippen molar-refractivity contribution in [3.05, 3.63) is 0 Å². The minimum absolute atomic E-state index is 0. The summed E-state index contributed by atoms with van der Waals surface area (Å²) < 4.78 is 0. The molecule has 1 saturated heterocycles. The topological polar surface area (TPSA) is 60.0 Å². The number of nitrogens with one attached hydrogen (secondary N) is 2. The maximum Gasteiger partial charge on any atom is 0.222 e. The second-order valence-corrected chi connectivity index (χ2v) is 5.22. The molecular weight excluding hydrogens is 381 g/mol. The molecule has 0 bridgehead atoms. The fourth-order valence-electron chi connectivity index (χ4n) is 2.24. The summed E-state index contributed by atoms with van der Waals surface area (Å²) in [5, 5.41) is 6.71. The smallest absolute Gasteiger partial charge is 0.222 e. The van der Waals surface area contributed by atoms with Crippen molar-refractivity contribution in [1.29, 1.82) is 0 Å². The number of likely N-dealkylation sites (N-methyl/N-ethyl adjacent to an activating group) is 1. The molecule has 1 fully saturated rings. The van der Waals surface area contributed by atoms with E-state index in [1.165, 1.54) is 0 Å². The van der Waals surface area contributed by atoms with Crippen LogP contribution < -0.4 is 10.6 Å². The van der Waals surface area contributed by atoms with Crippen molar-refractivity contribution >= 4 is 35.8 Å². The lowest BCUT2D eigenvalue weighted by Crippen LogP contribution is -2.46. The van der Waals surface area contributed by atoms with Gasteiger partial charge in [-0.15, -0.1) is 24.0 Å². The zero-order valence-electron chi connectivity index (χ0n) is 13.7. The highest BCUT2D eigenvalue weighted by molar-refractivity contribution is 14.0. The summed E-state index contributed by atoms with van der Waals surface area (Å²) in [6.07, 6.45) is 1.57. The lowest BCUT2D eigenvalue weighted by Gasteiger charge is -2.20. The Bertz CT molecular complexity index is 337. The van der Waals surface area contributed by atoms with Crippen molar-refractivity contribution in [2.75, 3.05) is 46.8 Å². The van der Waals surface area contributed by atoms with Crippen LogP contribution in [0.3, 0.4) is 0 Å². The van der Waals surface area contributed by atoms with Crippen LogP contribution in [-0.4, -0.2) is 74.5 Å². The Hall–Kier alpha value is -0.570. The normalized spacial score (nSPS) is 18.6. The molecule has 1 rings (SSSR count). The largest absolute Gasteiger partial charge is 0.355 e. The van der Waals surface area contributed by atoms with Crippen molar-refractivity contribution in [2.24, 2.45) is 4.99 Å². The summed E-state index contributed by atoms with van der Waals surface area (Å²) in [7, 11) is 3.88. The zero-order chi connectivity index (χ0) is 15.0. The highest BCUT2D eigenvalue weighted by Gasteiger charge is 2.25. The van der Waals surface area contributed by atoms with Gasteiger partial charge in [-0.25, -0.2) is 0 Å². The van der Waals surface area contributed by atoms with Gasteiger partial charge in [0.05, 0.1) is 0 Å². The first-order valence-electron chi connectivity index (χ1n) is 7.54. The Morgan fingerprint density at radius 3 is 2.71 bits per heavy atom. The fraction of sp³-hybridized carbons (Fsp3) is 0.857. The van der Waals surface area contributed by atoms with E-state index in [1.54, 1.807) is 7.05 Å². The van der Waals surface area contributed by atoms with Crippen LogP contribution in [0, 0.1) is 0 Å². The molecule has 1 heterocycles. The van der Waals surface area contributed by atoms with Crippen LogP contribution in [0.4, 0.5) is 0 Å². The van der Waals surface area contributed by atoms with E-state index in [0.717, 1.165) is 45.1 Å². The van der Waals surface area contributed by atoms with Gasteiger partial charge < -0.3 is 20.4 Å². The van der Waals surface area contributed by atoms with Gasteiger partial charge in [0, 0.05) is 45.7 Å². The summed E-state index contributed by atoms with van der Waals surface area (Å²) in [5.74, 6) is 1.06. The molecule has 1 unspecified atom stereocenters. The van der Waals surface area contributed by atoms with Crippen molar-refractivity contribution in [3.63, 3.8) is 0 Å². The third-order valence-electron chi connectivity index (χ3n) is 3.73. The van der Waals surface area contributed by atoms with Crippen LogP contribution in [0.15, 0.2) is 4.99 Å². The van der Waals surface area contributed by atoms with Crippen molar-refractivity contribution in [2.45, 2.75) is 32.7 Å². The van der Waals surface area contributed by atoms with E-state index in [0.29, 0.717) is 12.5 Å². The summed E-state index contributed by atoms with van der Waals surface area (Å²) in [6.45, 7) is 8.59. The predicted octanol–water partition coefficient (Wildman–Crippen LogP) is 0.732. The number of rotatable bonds is 6. The van der Waals surface area contributed by atoms with Crippen LogP contribution in [-0.2, 0) is 4.79 Å². The maximum absolute atomic E-state index is 11.6. The standard InChI is InChI=1S/C14H29N5O.HI/c1-5-13(20)19-9-7-12(11-19)17-14(15-3)16-8-10-18(4)6-2;/h12H,5-11H2,1-4H3,(H2,15,16,17);1H. The first-order valence-corrected chi connectivity index (χ1v) is 7.54. The zero-order valence-corrected chi connectivity index (χ0v) is 16.0. The number of amides is 1. The molecule has 21 heavy (non-hydrogen) atoms. The first kappa shape index (κ1) is 20.4. The van der Waals surface area contributed by atoms with Crippen LogP contribution in [0.1, 0.15) is 26.7 Å². The SMILES string of the molecule is CCC(=O)N1CCC(NC(=NC)NCCN(C)CC)C1.I. The van der Waals surface area contributed by atoms with Crippen LogP contribution in [0.5, 0.6) is 0 Å². The van der Waals surface area contributed by atoms with Gasteiger partial charge in [0.1, 0.15) is 0 Å². The highest BCUT2D eigenvalue weighted by Crippen LogP contribution is 2.10. The number of likely N-dealkylation sites (tertiary alicyclic amines) is 1. The van der Waals surface area contributed by atoms with Crippen LogP contribution >= 0.6 is 24.0 Å². The number of aliphatic imine (C=N–C) groups is 1. The molecule has 0 aromatic carbocycles. The van der Waals surface area contributed by atoms with Gasteiger partial charge in [-0.3, -0.25) is 9.79 Å².